The molecule has 16 heavy (non-hydrogen) atoms. The quantitative estimate of drug-likeness (QED) is 0.842. The third-order valence-electron chi connectivity index (χ3n) is 3.14. The molecular formula is C13H17ClN2. The van der Waals surface area contributed by atoms with Crippen LogP contribution in [0.5, 0.6) is 0 Å². The molecule has 3 heteroatoms. The van der Waals surface area contributed by atoms with Crippen LogP contribution in [0.1, 0.15) is 25.8 Å². The van der Waals surface area contributed by atoms with Crippen LogP contribution in [-0.2, 0) is 5.41 Å². The van der Waals surface area contributed by atoms with Gasteiger partial charge >= 0.3 is 0 Å². The standard InChI is InChI=1S/C13H17ClN2/c1-13(2,5-6-15)11-8-16-12-4-3-9(14)7-10(11)12/h3-4,7-8,16H,5-6,15H2,1-2H3. The van der Waals surface area contributed by atoms with Gasteiger partial charge in [-0.05, 0) is 42.1 Å². The first kappa shape index (κ1) is 11.5. The molecule has 3 N–H and O–H groups in total. The van der Waals surface area contributed by atoms with Gasteiger partial charge in [-0.1, -0.05) is 25.4 Å². The number of nitrogens with two attached hydrogens (primary N) is 1. The molecule has 0 bridgehead atoms. The van der Waals surface area contributed by atoms with Gasteiger partial charge in [0.15, 0.2) is 0 Å². The first-order chi connectivity index (χ1) is 7.54. The summed E-state index contributed by atoms with van der Waals surface area (Å²) in [5.74, 6) is 0. The smallest absolute Gasteiger partial charge is 0.0458 e. The molecule has 1 aromatic heterocycles. The minimum absolute atomic E-state index is 0.0810. The number of benzene rings is 1. The van der Waals surface area contributed by atoms with Crippen LogP contribution in [0, 0.1) is 0 Å². The van der Waals surface area contributed by atoms with Crippen molar-refractivity contribution in [2.75, 3.05) is 6.54 Å². The predicted octanol–water partition coefficient (Wildman–Crippen LogP) is 3.45. The number of rotatable bonds is 3. The van der Waals surface area contributed by atoms with Crippen molar-refractivity contribution in [2.45, 2.75) is 25.7 Å². The molecule has 0 aliphatic carbocycles. The first-order valence-corrected chi connectivity index (χ1v) is 5.89. The number of aromatic amines is 1. The Labute approximate surface area is 101 Å². The molecule has 0 atom stereocenters. The lowest BCUT2D eigenvalue weighted by Crippen LogP contribution is -2.21. The number of H-pyrrole nitrogens is 1. The van der Waals surface area contributed by atoms with Crippen LogP contribution in [0.4, 0.5) is 0 Å². The summed E-state index contributed by atoms with van der Waals surface area (Å²) in [6.07, 6.45) is 3.03. The number of hydrogen-bond donors (Lipinski definition) is 2. The number of hydrogen-bond acceptors (Lipinski definition) is 1. The Balaban J connectivity index is 2.56. The van der Waals surface area contributed by atoms with E-state index in [1.165, 1.54) is 10.9 Å². The number of fused-ring (bicyclic) bond motifs is 1. The Bertz CT molecular complexity index is 500. The Kier molecular flexibility index (Phi) is 2.96. The summed E-state index contributed by atoms with van der Waals surface area (Å²) in [5, 5.41) is 1.97. The summed E-state index contributed by atoms with van der Waals surface area (Å²) >= 11 is 6.04. The summed E-state index contributed by atoms with van der Waals surface area (Å²) in [6.45, 7) is 5.12. The molecular weight excluding hydrogens is 220 g/mol. The minimum atomic E-state index is 0.0810. The van der Waals surface area contributed by atoms with E-state index in [9.17, 15) is 0 Å². The Morgan fingerprint density at radius 1 is 1.38 bits per heavy atom. The molecule has 0 aliphatic heterocycles. The molecule has 0 spiro atoms. The van der Waals surface area contributed by atoms with E-state index in [1.54, 1.807) is 0 Å². The van der Waals surface area contributed by atoms with E-state index in [0.29, 0.717) is 6.54 Å². The molecule has 0 radical (unpaired) electrons. The van der Waals surface area contributed by atoms with Crippen molar-refractivity contribution in [1.82, 2.24) is 4.98 Å². The monoisotopic (exact) mass is 236 g/mol. The topological polar surface area (TPSA) is 41.8 Å². The molecule has 2 nitrogen and oxygen atoms in total. The predicted molar refractivity (Wildman–Crippen MR) is 70.0 cm³/mol. The largest absolute Gasteiger partial charge is 0.361 e. The highest BCUT2D eigenvalue weighted by Gasteiger charge is 2.22. The van der Waals surface area contributed by atoms with Crippen LogP contribution < -0.4 is 5.73 Å². The van der Waals surface area contributed by atoms with Crippen LogP contribution in [0.25, 0.3) is 10.9 Å². The molecule has 0 aliphatic rings. The maximum Gasteiger partial charge on any atom is 0.0458 e. The summed E-state index contributed by atoms with van der Waals surface area (Å²) in [4.78, 5) is 3.28. The maximum atomic E-state index is 6.04. The molecule has 2 rings (SSSR count). The van der Waals surface area contributed by atoms with Crippen LogP contribution in [0.15, 0.2) is 24.4 Å². The van der Waals surface area contributed by atoms with Crippen molar-refractivity contribution < 1.29 is 0 Å². The fourth-order valence-corrected chi connectivity index (χ4v) is 2.32. The first-order valence-electron chi connectivity index (χ1n) is 5.52. The summed E-state index contributed by atoms with van der Waals surface area (Å²) < 4.78 is 0. The Hall–Kier alpha value is -0.990. The van der Waals surface area contributed by atoms with Gasteiger partial charge in [0.2, 0.25) is 0 Å². The average Bonchev–Trinajstić information content (AvgIpc) is 2.60. The lowest BCUT2D eigenvalue weighted by molar-refractivity contribution is 0.491. The normalized spacial score (nSPS) is 12.2. The molecule has 0 fully saturated rings. The minimum Gasteiger partial charge on any atom is -0.361 e. The molecule has 0 saturated heterocycles. The van der Waals surface area contributed by atoms with Crippen LogP contribution in [0.2, 0.25) is 5.02 Å². The zero-order valence-corrected chi connectivity index (χ0v) is 10.4. The lowest BCUT2D eigenvalue weighted by atomic mass is 9.81. The van der Waals surface area contributed by atoms with Crippen LogP contribution in [0.3, 0.4) is 0 Å². The summed E-state index contributed by atoms with van der Waals surface area (Å²) in [7, 11) is 0. The zero-order valence-electron chi connectivity index (χ0n) is 9.68. The van der Waals surface area contributed by atoms with Gasteiger partial charge in [-0.3, -0.25) is 0 Å². The summed E-state index contributed by atoms with van der Waals surface area (Å²) in [5.41, 5.74) is 8.16. The highest BCUT2D eigenvalue weighted by molar-refractivity contribution is 6.31. The van der Waals surface area contributed by atoms with E-state index in [0.717, 1.165) is 17.0 Å². The molecule has 2 aromatic rings. The third kappa shape index (κ3) is 1.95. The third-order valence-corrected chi connectivity index (χ3v) is 3.38. The van der Waals surface area contributed by atoms with Gasteiger partial charge in [-0.2, -0.15) is 0 Å². The van der Waals surface area contributed by atoms with Crippen LogP contribution >= 0.6 is 11.6 Å². The van der Waals surface area contributed by atoms with Crippen molar-refractivity contribution in [3.05, 3.63) is 35.0 Å². The zero-order chi connectivity index (χ0) is 11.8. The second kappa shape index (κ2) is 4.11. The molecule has 0 amide bonds. The van der Waals surface area contributed by atoms with Gasteiger partial charge in [0.1, 0.15) is 0 Å². The van der Waals surface area contributed by atoms with Crippen molar-refractivity contribution in [2.24, 2.45) is 5.73 Å². The molecule has 0 unspecified atom stereocenters. The van der Waals surface area contributed by atoms with Crippen molar-refractivity contribution in [1.29, 1.82) is 0 Å². The highest BCUT2D eigenvalue weighted by atomic mass is 35.5. The average molecular weight is 237 g/mol. The lowest BCUT2D eigenvalue weighted by Gasteiger charge is -2.23. The van der Waals surface area contributed by atoms with Crippen molar-refractivity contribution in [3.8, 4) is 0 Å². The van der Waals surface area contributed by atoms with E-state index >= 15 is 0 Å². The number of nitrogens with one attached hydrogen (secondary N) is 1. The number of aromatic nitrogens is 1. The molecule has 1 aromatic carbocycles. The van der Waals surface area contributed by atoms with E-state index < -0.39 is 0 Å². The highest BCUT2D eigenvalue weighted by Crippen LogP contribution is 2.33. The Morgan fingerprint density at radius 3 is 2.81 bits per heavy atom. The van der Waals surface area contributed by atoms with Gasteiger partial charge in [-0.15, -0.1) is 0 Å². The van der Waals surface area contributed by atoms with Gasteiger partial charge in [0.05, 0.1) is 0 Å². The Morgan fingerprint density at radius 2 is 2.12 bits per heavy atom. The second-order valence-electron chi connectivity index (χ2n) is 4.81. The molecule has 1 heterocycles. The van der Waals surface area contributed by atoms with Gasteiger partial charge < -0.3 is 10.7 Å². The fraction of sp³-hybridized carbons (Fsp3) is 0.385. The van der Waals surface area contributed by atoms with Crippen molar-refractivity contribution in [3.63, 3.8) is 0 Å². The van der Waals surface area contributed by atoms with Crippen LogP contribution in [-0.4, -0.2) is 11.5 Å². The van der Waals surface area contributed by atoms with Crippen molar-refractivity contribution >= 4 is 22.5 Å². The maximum absolute atomic E-state index is 6.04. The van der Waals surface area contributed by atoms with E-state index in [2.05, 4.69) is 25.0 Å². The van der Waals surface area contributed by atoms with E-state index in [-0.39, 0.29) is 5.41 Å². The van der Waals surface area contributed by atoms with Gasteiger partial charge in [0, 0.05) is 22.1 Å². The van der Waals surface area contributed by atoms with E-state index in [4.69, 9.17) is 17.3 Å². The van der Waals surface area contributed by atoms with E-state index in [1.807, 2.05) is 18.2 Å². The summed E-state index contributed by atoms with van der Waals surface area (Å²) in [6, 6.07) is 5.93. The SMILES string of the molecule is CC(C)(CCN)c1c[nH]c2ccc(Cl)cc12. The van der Waals surface area contributed by atoms with Gasteiger partial charge in [-0.25, -0.2) is 0 Å². The molecule has 0 saturated carbocycles. The fourth-order valence-electron chi connectivity index (χ4n) is 2.15. The molecule has 86 valence electrons. The van der Waals surface area contributed by atoms with Gasteiger partial charge in [0.25, 0.3) is 0 Å². The second-order valence-corrected chi connectivity index (χ2v) is 5.25. The number of halogens is 1.